The van der Waals surface area contributed by atoms with E-state index in [9.17, 15) is 0 Å². The summed E-state index contributed by atoms with van der Waals surface area (Å²) >= 11 is 0. The van der Waals surface area contributed by atoms with Gasteiger partial charge >= 0.3 is 0 Å². The molecule has 4 aromatic rings. The summed E-state index contributed by atoms with van der Waals surface area (Å²) < 4.78 is 12.7. The summed E-state index contributed by atoms with van der Waals surface area (Å²) in [6.45, 7) is 0.960. The molecular formula is C29H22O2. The standard InChI is InChI=1S/C29H22O2/c1-2-21-13-14-24-18-25-15-16-27(30-19-22-9-5-3-6-10-22)29(28(25)26(24)17-21)31-20-23-11-7-4-8-12-23/h1,3-17H,18-20H2. The first-order valence-corrected chi connectivity index (χ1v) is 10.4. The second kappa shape index (κ2) is 8.42. The number of terminal acetylenes is 1. The first-order chi connectivity index (χ1) is 15.3. The Balaban J connectivity index is 1.54. The SMILES string of the molecule is C#Cc1ccc2c(c1)-c1c(ccc(OCc3ccccc3)c1OCc1ccccc1)C2. The van der Waals surface area contributed by atoms with Gasteiger partial charge in [-0.1, -0.05) is 78.7 Å². The minimum atomic E-state index is 0.475. The van der Waals surface area contributed by atoms with Gasteiger partial charge < -0.3 is 9.47 Å². The van der Waals surface area contributed by atoms with Gasteiger partial charge in [-0.15, -0.1) is 6.42 Å². The summed E-state index contributed by atoms with van der Waals surface area (Å²) in [7, 11) is 0. The van der Waals surface area contributed by atoms with Crippen LogP contribution in [0.5, 0.6) is 11.5 Å². The molecule has 0 aliphatic heterocycles. The van der Waals surface area contributed by atoms with Crippen LogP contribution < -0.4 is 9.47 Å². The van der Waals surface area contributed by atoms with Crippen LogP contribution in [0.2, 0.25) is 0 Å². The second-order valence-electron chi connectivity index (χ2n) is 7.67. The Morgan fingerprint density at radius 2 is 1.35 bits per heavy atom. The molecule has 0 unspecified atom stereocenters. The second-order valence-corrected chi connectivity index (χ2v) is 7.67. The fraction of sp³-hybridized carbons (Fsp3) is 0.103. The number of fused-ring (bicyclic) bond motifs is 3. The third-order valence-corrected chi connectivity index (χ3v) is 5.60. The molecule has 0 bridgehead atoms. The molecule has 1 aliphatic carbocycles. The van der Waals surface area contributed by atoms with Gasteiger partial charge in [0.2, 0.25) is 0 Å². The molecule has 0 aromatic heterocycles. The van der Waals surface area contributed by atoms with Crippen molar-refractivity contribution in [2.45, 2.75) is 19.6 Å². The number of rotatable bonds is 6. The Labute approximate surface area is 183 Å². The lowest BCUT2D eigenvalue weighted by Crippen LogP contribution is -2.02. The van der Waals surface area contributed by atoms with E-state index in [0.29, 0.717) is 13.2 Å². The van der Waals surface area contributed by atoms with Crippen molar-refractivity contribution in [1.82, 2.24) is 0 Å². The number of benzene rings is 4. The summed E-state index contributed by atoms with van der Waals surface area (Å²) in [6.07, 6.45) is 6.54. The normalized spacial score (nSPS) is 11.3. The summed E-state index contributed by atoms with van der Waals surface area (Å²) in [5, 5.41) is 0. The molecule has 4 aromatic carbocycles. The van der Waals surface area contributed by atoms with E-state index in [1.807, 2.05) is 48.5 Å². The van der Waals surface area contributed by atoms with Crippen LogP contribution in [0.3, 0.4) is 0 Å². The predicted octanol–water partition coefficient (Wildman–Crippen LogP) is 6.40. The Hall–Kier alpha value is -3.96. The maximum absolute atomic E-state index is 6.41. The molecule has 0 spiro atoms. The zero-order valence-electron chi connectivity index (χ0n) is 17.2. The molecule has 0 radical (unpaired) electrons. The van der Waals surface area contributed by atoms with Crippen molar-refractivity contribution in [2.24, 2.45) is 0 Å². The zero-order valence-corrected chi connectivity index (χ0v) is 17.2. The topological polar surface area (TPSA) is 18.5 Å². The molecule has 0 N–H and O–H groups in total. The lowest BCUT2D eigenvalue weighted by Gasteiger charge is -2.17. The maximum Gasteiger partial charge on any atom is 0.169 e. The van der Waals surface area contributed by atoms with Gasteiger partial charge in [0.1, 0.15) is 13.2 Å². The largest absolute Gasteiger partial charge is 0.485 e. The maximum atomic E-state index is 6.41. The van der Waals surface area contributed by atoms with Crippen molar-refractivity contribution in [1.29, 1.82) is 0 Å². The first kappa shape index (κ1) is 19.0. The molecule has 0 fully saturated rings. The van der Waals surface area contributed by atoms with Crippen molar-refractivity contribution in [3.8, 4) is 35.0 Å². The predicted molar refractivity (Wildman–Crippen MR) is 124 cm³/mol. The van der Waals surface area contributed by atoms with Gasteiger partial charge in [0.25, 0.3) is 0 Å². The summed E-state index contributed by atoms with van der Waals surface area (Å²) in [5.74, 6) is 4.28. The van der Waals surface area contributed by atoms with E-state index in [4.69, 9.17) is 15.9 Å². The number of ether oxygens (including phenoxy) is 2. The van der Waals surface area contributed by atoms with Crippen LogP contribution >= 0.6 is 0 Å². The van der Waals surface area contributed by atoms with E-state index in [1.165, 1.54) is 11.1 Å². The molecule has 150 valence electrons. The highest BCUT2D eigenvalue weighted by molar-refractivity contribution is 5.84. The average molecular weight is 402 g/mol. The molecular weight excluding hydrogens is 380 g/mol. The van der Waals surface area contributed by atoms with E-state index in [2.05, 4.69) is 48.4 Å². The third-order valence-electron chi connectivity index (χ3n) is 5.60. The Bertz CT molecular complexity index is 1250. The molecule has 1 aliphatic rings. The molecule has 31 heavy (non-hydrogen) atoms. The van der Waals surface area contributed by atoms with E-state index < -0.39 is 0 Å². The van der Waals surface area contributed by atoms with Gasteiger partial charge in [0, 0.05) is 11.1 Å². The minimum absolute atomic E-state index is 0.475. The van der Waals surface area contributed by atoms with Crippen LogP contribution in [0.1, 0.15) is 27.8 Å². The molecule has 0 atom stereocenters. The van der Waals surface area contributed by atoms with E-state index in [0.717, 1.165) is 45.7 Å². The van der Waals surface area contributed by atoms with Crippen LogP contribution in [-0.4, -0.2) is 0 Å². The van der Waals surface area contributed by atoms with E-state index >= 15 is 0 Å². The van der Waals surface area contributed by atoms with Gasteiger partial charge in [-0.3, -0.25) is 0 Å². The monoisotopic (exact) mass is 402 g/mol. The highest BCUT2D eigenvalue weighted by Crippen LogP contribution is 2.48. The zero-order chi connectivity index (χ0) is 21.0. The van der Waals surface area contributed by atoms with Gasteiger partial charge in [-0.2, -0.15) is 0 Å². The van der Waals surface area contributed by atoms with E-state index in [1.54, 1.807) is 0 Å². The lowest BCUT2D eigenvalue weighted by atomic mass is 10.0. The van der Waals surface area contributed by atoms with Crippen LogP contribution in [-0.2, 0) is 19.6 Å². The smallest absolute Gasteiger partial charge is 0.169 e. The van der Waals surface area contributed by atoms with Crippen LogP contribution in [0.4, 0.5) is 0 Å². The third kappa shape index (κ3) is 3.91. The Kier molecular flexibility index (Phi) is 5.17. The highest BCUT2D eigenvalue weighted by Gasteiger charge is 2.26. The average Bonchev–Trinajstić information content (AvgIpc) is 3.21. The molecule has 0 amide bonds. The molecule has 0 saturated carbocycles. The molecule has 0 saturated heterocycles. The van der Waals surface area contributed by atoms with Crippen molar-refractivity contribution < 1.29 is 9.47 Å². The van der Waals surface area contributed by atoms with Crippen molar-refractivity contribution in [2.75, 3.05) is 0 Å². The fourth-order valence-electron chi connectivity index (χ4n) is 4.03. The van der Waals surface area contributed by atoms with Crippen molar-refractivity contribution in [3.63, 3.8) is 0 Å². The molecule has 5 rings (SSSR count). The number of hydrogen-bond acceptors (Lipinski definition) is 2. The van der Waals surface area contributed by atoms with Gasteiger partial charge in [-0.25, -0.2) is 0 Å². The van der Waals surface area contributed by atoms with Crippen molar-refractivity contribution >= 4 is 0 Å². The van der Waals surface area contributed by atoms with Crippen LogP contribution in [0.25, 0.3) is 11.1 Å². The first-order valence-electron chi connectivity index (χ1n) is 10.4. The molecule has 0 heterocycles. The highest BCUT2D eigenvalue weighted by atomic mass is 16.5. The van der Waals surface area contributed by atoms with Gasteiger partial charge in [0.15, 0.2) is 11.5 Å². The Morgan fingerprint density at radius 1 is 0.710 bits per heavy atom. The minimum Gasteiger partial charge on any atom is -0.485 e. The molecule has 2 heteroatoms. The fourth-order valence-corrected chi connectivity index (χ4v) is 4.03. The summed E-state index contributed by atoms with van der Waals surface area (Å²) in [4.78, 5) is 0. The summed E-state index contributed by atoms with van der Waals surface area (Å²) in [5.41, 5.74) is 7.83. The Morgan fingerprint density at radius 3 is 2.03 bits per heavy atom. The lowest BCUT2D eigenvalue weighted by molar-refractivity contribution is 0.257. The van der Waals surface area contributed by atoms with Gasteiger partial charge in [-0.05, 0) is 52.4 Å². The summed E-state index contributed by atoms with van der Waals surface area (Å²) in [6, 6.07) is 30.7. The molecule has 2 nitrogen and oxygen atoms in total. The van der Waals surface area contributed by atoms with Crippen LogP contribution in [0.15, 0.2) is 91.0 Å². The van der Waals surface area contributed by atoms with Crippen LogP contribution in [0, 0.1) is 12.3 Å². The quantitative estimate of drug-likeness (QED) is 0.306. The van der Waals surface area contributed by atoms with Crippen molar-refractivity contribution in [3.05, 3.63) is 119 Å². The van der Waals surface area contributed by atoms with E-state index in [-0.39, 0.29) is 0 Å². The van der Waals surface area contributed by atoms with Gasteiger partial charge in [0.05, 0.1) is 0 Å². The number of hydrogen-bond donors (Lipinski definition) is 0.